The number of hydrogen-bond donors (Lipinski definition) is 0. The number of nitrogens with zero attached hydrogens (tertiary/aromatic N) is 1. The van der Waals surface area contributed by atoms with Crippen molar-refractivity contribution >= 4 is 5.91 Å². The quantitative estimate of drug-likeness (QED) is 0.760. The van der Waals surface area contributed by atoms with E-state index in [1.807, 2.05) is 17.9 Å². The van der Waals surface area contributed by atoms with Gasteiger partial charge in [0.25, 0.3) is 0 Å². The molecular formula is C19H27NO. The van der Waals surface area contributed by atoms with Crippen LogP contribution in [0.25, 0.3) is 0 Å². The van der Waals surface area contributed by atoms with Crippen molar-refractivity contribution in [2.75, 3.05) is 13.1 Å². The standard InChI is InChI=1S/C19H27NO/c1-4-6-19(21)20-11-9-17(10-12-20)18-8-5-7-16(14-18)13-15(2)3/h4-8,14-15,17H,9-13H2,1-3H3/b6-4+. The highest BCUT2D eigenvalue weighted by atomic mass is 16.2. The summed E-state index contributed by atoms with van der Waals surface area (Å²) in [6.45, 7) is 8.17. The Bertz CT molecular complexity index is 496. The molecule has 0 bridgehead atoms. The molecule has 1 amide bonds. The van der Waals surface area contributed by atoms with E-state index in [1.165, 1.54) is 11.1 Å². The van der Waals surface area contributed by atoms with Crippen molar-refractivity contribution in [2.24, 2.45) is 5.92 Å². The van der Waals surface area contributed by atoms with Crippen LogP contribution >= 0.6 is 0 Å². The van der Waals surface area contributed by atoms with Gasteiger partial charge in [0.05, 0.1) is 0 Å². The zero-order valence-corrected chi connectivity index (χ0v) is 13.5. The molecule has 0 atom stereocenters. The Morgan fingerprint density at radius 1 is 1.33 bits per heavy atom. The van der Waals surface area contributed by atoms with E-state index in [0.717, 1.165) is 32.4 Å². The highest BCUT2D eigenvalue weighted by molar-refractivity contribution is 5.87. The van der Waals surface area contributed by atoms with Crippen LogP contribution in [-0.4, -0.2) is 23.9 Å². The molecule has 2 nitrogen and oxygen atoms in total. The first-order chi connectivity index (χ1) is 10.1. The molecule has 1 fully saturated rings. The van der Waals surface area contributed by atoms with E-state index in [0.29, 0.717) is 11.8 Å². The highest BCUT2D eigenvalue weighted by Gasteiger charge is 2.22. The lowest BCUT2D eigenvalue weighted by molar-refractivity contribution is -0.127. The van der Waals surface area contributed by atoms with Crippen molar-refractivity contribution in [3.63, 3.8) is 0 Å². The third kappa shape index (κ3) is 4.45. The maximum Gasteiger partial charge on any atom is 0.246 e. The molecule has 1 saturated heterocycles. The number of carbonyl (C=O) groups is 1. The Hall–Kier alpha value is -1.57. The maximum absolute atomic E-state index is 11.9. The molecule has 0 unspecified atom stereocenters. The van der Waals surface area contributed by atoms with Gasteiger partial charge in [-0.15, -0.1) is 0 Å². The van der Waals surface area contributed by atoms with Crippen molar-refractivity contribution in [1.29, 1.82) is 0 Å². The fourth-order valence-electron chi connectivity index (χ4n) is 3.13. The fraction of sp³-hybridized carbons (Fsp3) is 0.526. The van der Waals surface area contributed by atoms with Gasteiger partial charge in [-0.2, -0.15) is 0 Å². The van der Waals surface area contributed by atoms with Gasteiger partial charge in [-0.1, -0.05) is 44.2 Å². The Balaban J connectivity index is 1.97. The van der Waals surface area contributed by atoms with Crippen LogP contribution in [-0.2, 0) is 11.2 Å². The number of allylic oxidation sites excluding steroid dienone is 1. The first-order valence-electron chi connectivity index (χ1n) is 8.10. The van der Waals surface area contributed by atoms with E-state index >= 15 is 0 Å². The molecule has 0 radical (unpaired) electrons. The van der Waals surface area contributed by atoms with Gasteiger partial charge in [0.15, 0.2) is 0 Å². The molecule has 0 spiro atoms. The van der Waals surface area contributed by atoms with E-state index in [9.17, 15) is 4.79 Å². The van der Waals surface area contributed by atoms with Crippen molar-refractivity contribution in [2.45, 2.75) is 46.0 Å². The third-order valence-electron chi connectivity index (χ3n) is 4.18. The minimum Gasteiger partial charge on any atom is -0.339 e. The molecule has 1 aromatic carbocycles. The lowest BCUT2D eigenvalue weighted by Crippen LogP contribution is -2.36. The molecule has 2 rings (SSSR count). The van der Waals surface area contributed by atoms with E-state index in [4.69, 9.17) is 0 Å². The molecule has 21 heavy (non-hydrogen) atoms. The largest absolute Gasteiger partial charge is 0.339 e. The zero-order chi connectivity index (χ0) is 15.2. The summed E-state index contributed by atoms with van der Waals surface area (Å²) in [4.78, 5) is 13.8. The molecule has 0 aliphatic carbocycles. The van der Waals surface area contributed by atoms with Gasteiger partial charge in [0.2, 0.25) is 5.91 Å². The smallest absolute Gasteiger partial charge is 0.246 e. The van der Waals surface area contributed by atoms with Crippen LogP contribution in [0.5, 0.6) is 0 Å². The van der Waals surface area contributed by atoms with Gasteiger partial charge in [-0.25, -0.2) is 0 Å². The number of benzene rings is 1. The number of rotatable bonds is 4. The van der Waals surface area contributed by atoms with E-state index < -0.39 is 0 Å². The monoisotopic (exact) mass is 285 g/mol. The minimum absolute atomic E-state index is 0.157. The van der Waals surface area contributed by atoms with Gasteiger partial charge in [-0.05, 0) is 55.2 Å². The first kappa shape index (κ1) is 15.8. The van der Waals surface area contributed by atoms with Gasteiger partial charge >= 0.3 is 0 Å². The predicted octanol–water partition coefficient (Wildman–Crippen LogP) is 4.17. The van der Waals surface area contributed by atoms with Crippen LogP contribution in [0.15, 0.2) is 36.4 Å². The molecule has 1 aromatic rings. The highest BCUT2D eigenvalue weighted by Crippen LogP contribution is 2.29. The summed E-state index contributed by atoms with van der Waals surface area (Å²) in [5, 5.41) is 0. The second kappa shape index (κ2) is 7.44. The average Bonchev–Trinajstić information content (AvgIpc) is 2.47. The number of amides is 1. The van der Waals surface area contributed by atoms with Gasteiger partial charge in [0, 0.05) is 13.1 Å². The topological polar surface area (TPSA) is 20.3 Å². The van der Waals surface area contributed by atoms with Crippen LogP contribution in [0.2, 0.25) is 0 Å². The van der Waals surface area contributed by atoms with Crippen molar-refractivity contribution in [1.82, 2.24) is 4.90 Å². The summed E-state index contributed by atoms with van der Waals surface area (Å²) in [5.74, 6) is 1.46. The first-order valence-corrected chi connectivity index (χ1v) is 8.10. The van der Waals surface area contributed by atoms with E-state index in [2.05, 4.69) is 38.1 Å². The summed E-state index contributed by atoms with van der Waals surface area (Å²) < 4.78 is 0. The number of piperidine rings is 1. The summed E-state index contributed by atoms with van der Waals surface area (Å²) in [7, 11) is 0. The van der Waals surface area contributed by atoms with Gasteiger partial charge < -0.3 is 4.90 Å². The Morgan fingerprint density at radius 2 is 2.05 bits per heavy atom. The molecule has 114 valence electrons. The van der Waals surface area contributed by atoms with Crippen LogP contribution in [0.3, 0.4) is 0 Å². The maximum atomic E-state index is 11.9. The zero-order valence-electron chi connectivity index (χ0n) is 13.5. The fourth-order valence-corrected chi connectivity index (χ4v) is 3.13. The predicted molar refractivity (Wildman–Crippen MR) is 88.4 cm³/mol. The number of carbonyl (C=O) groups excluding carboxylic acids is 1. The summed E-state index contributed by atoms with van der Waals surface area (Å²) in [6.07, 6.45) is 6.79. The second-order valence-corrected chi connectivity index (χ2v) is 6.44. The normalized spacial score (nSPS) is 16.9. The number of hydrogen-bond acceptors (Lipinski definition) is 1. The van der Waals surface area contributed by atoms with Crippen LogP contribution in [0.1, 0.15) is 50.7 Å². The van der Waals surface area contributed by atoms with E-state index in [1.54, 1.807) is 6.08 Å². The van der Waals surface area contributed by atoms with Crippen LogP contribution in [0.4, 0.5) is 0 Å². The van der Waals surface area contributed by atoms with Crippen LogP contribution in [0, 0.1) is 5.92 Å². The van der Waals surface area contributed by atoms with E-state index in [-0.39, 0.29) is 5.91 Å². The molecule has 0 aromatic heterocycles. The lowest BCUT2D eigenvalue weighted by atomic mass is 9.87. The van der Waals surface area contributed by atoms with Gasteiger partial charge in [-0.3, -0.25) is 4.79 Å². The Kier molecular flexibility index (Phi) is 5.60. The molecule has 0 N–H and O–H groups in total. The lowest BCUT2D eigenvalue weighted by Gasteiger charge is -2.31. The van der Waals surface area contributed by atoms with Crippen LogP contribution < -0.4 is 0 Å². The molecule has 1 heterocycles. The summed E-state index contributed by atoms with van der Waals surface area (Å²) in [6, 6.07) is 9.03. The van der Waals surface area contributed by atoms with Crippen molar-refractivity contribution in [3.05, 3.63) is 47.5 Å². The summed E-state index contributed by atoms with van der Waals surface area (Å²) >= 11 is 0. The minimum atomic E-state index is 0.157. The third-order valence-corrected chi connectivity index (χ3v) is 4.18. The Labute approximate surface area is 128 Å². The Morgan fingerprint density at radius 3 is 2.67 bits per heavy atom. The van der Waals surface area contributed by atoms with Gasteiger partial charge in [0.1, 0.15) is 0 Å². The second-order valence-electron chi connectivity index (χ2n) is 6.44. The van der Waals surface area contributed by atoms with Crippen molar-refractivity contribution < 1.29 is 4.79 Å². The molecule has 0 saturated carbocycles. The van der Waals surface area contributed by atoms with Crippen molar-refractivity contribution in [3.8, 4) is 0 Å². The number of likely N-dealkylation sites (tertiary alicyclic amines) is 1. The average molecular weight is 285 g/mol. The molecular weight excluding hydrogens is 258 g/mol. The molecule has 2 heteroatoms. The SMILES string of the molecule is C/C=C/C(=O)N1CCC(c2cccc(CC(C)C)c2)CC1. The summed E-state index contributed by atoms with van der Waals surface area (Å²) in [5.41, 5.74) is 2.89. The molecule has 1 aliphatic rings. The molecule has 1 aliphatic heterocycles.